The van der Waals surface area contributed by atoms with Gasteiger partial charge in [0.05, 0.1) is 17.1 Å². The minimum Gasteiger partial charge on any atom is -0.398 e. The molecule has 0 aliphatic heterocycles. The van der Waals surface area contributed by atoms with Gasteiger partial charge >= 0.3 is 0 Å². The van der Waals surface area contributed by atoms with Crippen LogP contribution in [0.5, 0.6) is 0 Å². The number of nitrogen functional groups attached to an aromatic ring is 1. The molecule has 0 spiro atoms. The zero-order valence-electron chi connectivity index (χ0n) is 11.7. The predicted octanol–water partition coefficient (Wildman–Crippen LogP) is 1.10. The van der Waals surface area contributed by atoms with Gasteiger partial charge in [-0.25, -0.2) is 13.1 Å². The summed E-state index contributed by atoms with van der Waals surface area (Å²) in [6.07, 6.45) is 1.76. The first kappa shape index (κ1) is 14.5. The fourth-order valence-electron chi connectivity index (χ4n) is 1.94. The van der Waals surface area contributed by atoms with Gasteiger partial charge in [0.1, 0.15) is 0 Å². The number of hydrogen-bond donors (Lipinski definition) is 2. The zero-order chi connectivity index (χ0) is 14.9. The summed E-state index contributed by atoms with van der Waals surface area (Å²) in [5.41, 5.74) is 8.33. The van der Waals surface area contributed by atoms with Crippen molar-refractivity contribution in [1.29, 1.82) is 0 Å². The normalized spacial score (nSPS) is 11.8. The van der Waals surface area contributed by atoms with Crippen LogP contribution in [0.3, 0.4) is 0 Å². The van der Waals surface area contributed by atoms with E-state index in [0.717, 1.165) is 5.56 Å². The molecule has 0 bridgehead atoms. The van der Waals surface area contributed by atoms with Gasteiger partial charge in [0.2, 0.25) is 10.0 Å². The molecule has 0 radical (unpaired) electrons. The van der Waals surface area contributed by atoms with E-state index in [1.54, 1.807) is 43.0 Å². The molecule has 2 aromatic rings. The molecule has 1 heterocycles. The van der Waals surface area contributed by atoms with E-state index in [1.807, 2.05) is 6.92 Å². The number of hydrogen-bond acceptors (Lipinski definition) is 4. The van der Waals surface area contributed by atoms with Crippen molar-refractivity contribution in [2.75, 3.05) is 5.73 Å². The van der Waals surface area contributed by atoms with Crippen molar-refractivity contribution < 1.29 is 8.42 Å². The average molecular weight is 294 g/mol. The number of nitrogens with zero attached hydrogens (tertiary/aromatic N) is 2. The topological polar surface area (TPSA) is 90.0 Å². The maximum Gasteiger partial charge on any atom is 0.241 e. The lowest BCUT2D eigenvalue weighted by molar-refractivity contribution is 0.579. The van der Waals surface area contributed by atoms with Crippen molar-refractivity contribution in [3.63, 3.8) is 0 Å². The summed E-state index contributed by atoms with van der Waals surface area (Å²) in [5, 5.41) is 4.13. The van der Waals surface area contributed by atoms with Gasteiger partial charge in [-0.2, -0.15) is 5.10 Å². The van der Waals surface area contributed by atoms with Crippen molar-refractivity contribution in [2.45, 2.75) is 25.3 Å². The van der Waals surface area contributed by atoms with E-state index in [1.165, 1.54) is 0 Å². The van der Waals surface area contributed by atoms with Gasteiger partial charge < -0.3 is 5.73 Å². The van der Waals surface area contributed by atoms with Crippen molar-refractivity contribution in [1.82, 2.24) is 14.5 Å². The molecule has 2 rings (SSSR count). The Bertz CT molecular complexity index is 735. The van der Waals surface area contributed by atoms with E-state index in [9.17, 15) is 8.42 Å². The molecule has 6 nitrogen and oxygen atoms in total. The second-order valence-electron chi connectivity index (χ2n) is 4.78. The molecule has 1 aromatic carbocycles. The number of aryl methyl sites for hydroxylation is 2. The van der Waals surface area contributed by atoms with Gasteiger partial charge in [0.25, 0.3) is 0 Å². The van der Waals surface area contributed by atoms with Crippen LogP contribution in [0.1, 0.15) is 16.8 Å². The number of sulfonamides is 1. The van der Waals surface area contributed by atoms with Gasteiger partial charge in [-0.15, -0.1) is 0 Å². The van der Waals surface area contributed by atoms with Crippen molar-refractivity contribution >= 4 is 15.7 Å². The molecule has 108 valence electrons. The summed E-state index contributed by atoms with van der Waals surface area (Å²) >= 11 is 0. The Labute approximate surface area is 118 Å². The smallest absolute Gasteiger partial charge is 0.241 e. The summed E-state index contributed by atoms with van der Waals surface area (Å²) in [4.78, 5) is 0.214. The van der Waals surface area contributed by atoms with Crippen molar-refractivity contribution in [3.8, 4) is 0 Å². The summed E-state index contributed by atoms with van der Waals surface area (Å²) in [7, 11) is -1.82. The molecule has 20 heavy (non-hydrogen) atoms. The largest absolute Gasteiger partial charge is 0.398 e. The third-order valence-corrected chi connectivity index (χ3v) is 4.57. The first-order valence-electron chi connectivity index (χ1n) is 6.14. The van der Waals surface area contributed by atoms with Crippen molar-refractivity contribution in [3.05, 3.63) is 41.2 Å². The summed E-state index contributed by atoms with van der Waals surface area (Å²) in [6, 6.07) is 5.14. The molecule has 0 amide bonds. The number of aromatic nitrogens is 2. The number of nitrogens with two attached hydrogens (primary N) is 1. The molecule has 1 aromatic heterocycles. The lowest BCUT2D eigenvalue weighted by atomic mass is 10.1. The molecule has 0 fully saturated rings. The fourth-order valence-corrected chi connectivity index (χ4v) is 3.29. The van der Waals surface area contributed by atoms with Crippen LogP contribution in [0.2, 0.25) is 0 Å². The van der Waals surface area contributed by atoms with Crippen LogP contribution in [0, 0.1) is 13.8 Å². The van der Waals surface area contributed by atoms with Gasteiger partial charge in [-0.05, 0) is 43.2 Å². The van der Waals surface area contributed by atoms with Gasteiger partial charge in [0.15, 0.2) is 0 Å². The Kier molecular flexibility index (Phi) is 3.82. The average Bonchev–Trinajstić information content (AvgIpc) is 2.77. The molecule has 0 saturated heterocycles. The molecule has 0 aliphatic carbocycles. The highest BCUT2D eigenvalue weighted by molar-refractivity contribution is 7.89. The summed E-state index contributed by atoms with van der Waals surface area (Å²) in [5.74, 6) is 0. The number of anilines is 1. The van der Waals surface area contributed by atoms with E-state index in [-0.39, 0.29) is 11.4 Å². The summed E-state index contributed by atoms with van der Waals surface area (Å²) in [6.45, 7) is 3.66. The molecule has 0 saturated carbocycles. The Morgan fingerprint density at radius 2 is 2.05 bits per heavy atom. The van der Waals surface area contributed by atoms with Crippen molar-refractivity contribution in [2.24, 2.45) is 7.05 Å². The van der Waals surface area contributed by atoms with Gasteiger partial charge in [-0.3, -0.25) is 4.68 Å². The minimum atomic E-state index is -3.60. The van der Waals surface area contributed by atoms with Crippen LogP contribution in [0.4, 0.5) is 5.69 Å². The Hall–Kier alpha value is -1.86. The molecule has 3 N–H and O–H groups in total. The van der Waals surface area contributed by atoms with E-state index >= 15 is 0 Å². The van der Waals surface area contributed by atoms with Gasteiger partial charge in [-0.1, -0.05) is 0 Å². The third kappa shape index (κ3) is 3.00. The quantitative estimate of drug-likeness (QED) is 0.826. The zero-order valence-corrected chi connectivity index (χ0v) is 12.5. The van der Waals surface area contributed by atoms with Crippen LogP contribution < -0.4 is 10.5 Å². The Morgan fingerprint density at radius 3 is 2.65 bits per heavy atom. The number of rotatable bonds is 4. The lowest BCUT2D eigenvalue weighted by Gasteiger charge is -2.11. The lowest BCUT2D eigenvalue weighted by Crippen LogP contribution is -2.24. The van der Waals surface area contributed by atoms with E-state index < -0.39 is 10.0 Å². The highest BCUT2D eigenvalue weighted by atomic mass is 32.2. The maximum atomic E-state index is 12.3. The highest BCUT2D eigenvalue weighted by Gasteiger charge is 2.18. The summed E-state index contributed by atoms with van der Waals surface area (Å²) < 4.78 is 28.8. The molecular formula is C13H18N4O2S. The Morgan fingerprint density at radius 1 is 1.35 bits per heavy atom. The second kappa shape index (κ2) is 5.26. The fraction of sp³-hybridized carbons (Fsp3) is 0.308. The predicted molar refractivity (Wildman–Crippen MR) is 77.6 cm³/mol. The van der Waals surface area contributed by atoms with Crippen LogP contribution in [0.25, 0.3) is 0 Å². The molecule has 0 atom stereocenters. The Balaban J connectivity index is 2.27. The van der Waals surface area contributed by atoms with Crippen LogP contribution >= 0.6 is 0 Å². The molecular weight excluding hydrogens is 276 g/mol. The van der Waals surface area contributed by atoms with Crippen LogP contribution in [-0.2, 0) is 23.6 Å². The second-order valence-corrected chi connectivity index (χ2v) is 6.52. The maximum absolute atomic E-state index is 12.3. The minimum absolute atomic E-state index is 0.149. The number of nitrogens with one attached hydrogen (secondary N) is 1. The van der Waals surface area contributed by atoms with E-state index in [0.29, 0.717) is 16.9 Å². The van der Waals surface area contributed by atoms with Crippen LogP contribution in [0.15, 0.2) is 29.3 Å². The molecule has 7 heteroatoms. The number of benzene rings is 1. The monoisotopic (exact) mass is 294 g/mol. The van der Waals surface area contributed by atoms with Gasteiger partial charge in [0, 0.05) is 18.9 Å². The van der Waals surface area contributed by atoms with E-state index in [4.69, 9.17) is 5.73 Å². The first-order chi connectivity index (χ1) is 9.29. The first-order valence-corrected chi connectivity index (χ1v) is 7.63. The molecule has 0 aliphatic rings. The third-order valence-electron chi connectivity index (χ3n) is 3.05. The SMILES string of the molecule is Cc1cc(N)c(C)c(S(=O)(=O)NCc2ccn(C)n2)c1. The highest BCUT2D eigenvalue weighted by Crippen LogP contribution is 2.22. The molecule has 0 unspecified atom stereocenters. The van der Waals surface area contributed by atoms with Crippen LogP contribution in [-0.4, -0.2) is 18.2 Å². The van der Waals surface area contributed by atoms with E-state index in [2.05, 4.69) is 9.82 Å². The standard InChI is InChI=1S/C13H18N4O2S/c1-9-6-12(14)10(2)13(7-9)20(18,19)15-8-11-4-5-17(3)16-11/h4-7,15H,8,14H2,1-3H3.